The van der Waals surface area contributed by atoms with Crippen molar-refractivity contribution in [2.24, 2.45) is 0 Å². The van der Waals surface area contributed by atoms with Crippen LogP contribution in [-0.4, -0.2) is 31.6 Å². The van der Waals surface area contributed by atoms with Crippen molar-refractivity contribution in [2.75, 3.05) is 20.8 Å². The molecule has 0 radical (unpaired) electrons. The van der Waals surface area contributed by atoms with E-state index in [1.165, 1.54) is 0 Å². The maximum atomic E-state index is 12.2. The molecule has 0 unspecified atom stereocenters. The quantitative estimate of drug-likeness (QED) is 0.768. The van der Waals surface area contributed by atoms with Crippen LogP contribution in [0.25, 0.3) is 0 Å². The fourth-order valence-electron chi connectivity index (χ4n) is 2.10. The van der Waals surface area contributed by atoms with E-state index in [1.807, 2.05) is 49.4 Å². The van der Waals surface area contributed by atoms with E-state index in [4.69, 9.17) is 9.47 Å². The summed E-state index contributed by atoms with van der Waals surface area (Å²) in [5.41, 5.74) is 2.14. The van der Waals surface area contributed by atoms with Gasteiger partial charge < -0.3 is 14.4 Å². The molecule has 2 rings (SSSR count). The third-order valence-electron chi connectivity index (χ3n) is 3.43. The van der Waals surface area contributed by atoms with E-state index in [0.717, 1.165) is 15.6 Å². The van der Waals surface area contributed by atoms with Gasteiger partial charge in [0.15, 0.2) is 18.1 Å². The Morgan fingerprint density at radius 1 is 1.13 bits per heavy atom. The summed E-state index contributed by atoms with van der Waals surface area (Å²) in [5.74, 6) is 1.12. The van der Waals surface area contributed by atoms with Crippen molar-refractivity contribution in [3.8, 4) is 11.5 Å². The maximum absolute atomic E-state index is 12.2. The zero-order valence-corrected chi connectivity index (χ0v) is 15.1. The number of rotatable bonds is 6. The summed E-state index contributed by atoms with van der Waals surface area (Å²) in [7, 11) is 3.35. The van der Waals surface area contributed by atoms with E-state index in [0.29, 0.717) is 18.0 Å². The minimum atomic E-state index is -0.0875. The highest BCUT2D eigenvalue weighted by atomic mass is 79.9. The molecule has 23 heavy (non-hydrogen) atoms. The van der Waals surface area contributed by atoms with Crippen LogP contribution in [0.3, 0.4) is 0 Å². The van der Waals surface area contributed by atoms with E-state index in [9.17, 15) is 4.79 Å². The van der Waals surface area contributed by atoms with Gasteiger partial charge in [-0.2, -0.15) is 0 Å². The Hall–Kier alpha value is -2.01. The molecule has 0 aliphatic rings. The molecule has 0 aliphatic heterocycles. The minimum absolute atomic E-state index is 0.0214. The van der Waals surface area contributed by atoms with Crippen LogP contribution in [0, 0.1) is 6.92 Å². The van der Waals surface area contributed by atoms with Crippen molar-refractivity contribution >= 4 is 21.8 Å². The van der Waals surface area contributed by atoms with Crippen LogP contribution in [0.2, 0.25) is 0 Å². The zero-order valence-electron chi connectivity index (χ0n) is 13.5. The number of carbonyl (C=O) groups is 1. The van der Waals surface area contributed by atoms with Crippen molar-refractivity contribution in [2.45, 2.75) is 13.5 Å². The first kappa shape index (κ1) is 17.3. The first-order valence-electron chi connectivity index (χ1n) is 7.25. The van der Waals surface area contributed by atoms with E-state index >= 15 is 0 Å². The number of halogens is 1. The normalized spacial score (nSPS) is 10.3. The van der Waals surface area contributed by atoms with E-state index in [-0.39, 0.29) is 12.5 Å². The Kier molecular flexibility index (Phi) is 6.04. The molecule has 2 aromatic rings. The highest BCUT2D eigenvalue weighted by Crippen LogP contribution is 2.27. The fourth-order valence-corrected chi connectivity index (χ4v) is 2.36. The molecule has 5 heteroatoms. The van der Waals surface area contributed by atoms with Gasteiger partial charge in [-0.15, -0.1) is 0 Å². The summed E-state index contributed by atoms with van der Waals surface area (Å²) in [5, 5.41) is 0. The third kappa shape index (κ3) is 4.99. The van der Waals surface area contributed by atoms with E-state index in [2.05, 4.69) is 15.9 Å². The highest BCUT2D eigenvalue weighted by molar-refractivity contribution is 9.10. The van der Waals surface area contributed by atoms with Gasteiger partial charge in [0, 0.05) is 18.1 Å². The topological polar surface area (TPSA) is 38.8 Å². The minimum Gasteiger partial charge on any atom is -0.493 e. The summed E-state index contributed by atoms with van der Waals surface area (Å²) in [6.45, 7) is 2.50. The standard InChI is InChI=1S/C18H20BrNO3/c1-13-4-9-16(17(10-13)22-3)23-12-18(21)20(2)11-14-5-7-15(19)8-6-14/h4-10H,11-12H2,1-3H3. The molecule has 0 saturated carbocycles. The smallest absolute Gasteiger partial charge is 0.260 e. The molecule has 0 spiro atoms. The number of aryl methyl sites for hydroxylation is 1. The van der Waals surface area contributed by atoms with Crippen LogP contribution >= 0.6 is 15.9 Å². The van der Waals surface area contributed by atoms with Crippen LogP contribution in [0.1, 0.15) is 11.1 Å². The van der Waals surface area contributed by atoms with Crippen molar-refractivity contribution in [3.63, 3.8) is 0 Å². The number of nitrogens with zero attached hydrogens (tertiary/aromatic N) is 1. The second kappa shape index (κ2) is 8.02. The fraction of sp³-hybridized carbons (Fsp3) is 0.278. The Labute approximate surface area is 145 Å². The lowest BCUT2D eigenvalue weighted by Gasteiger charge is -2.18. The molecule has 0 aliphatic carbocycles. The van der Waals surface area contributed by atoms with Gasteiger partial charge in [-0.25, -0.2) is 0 Å². The molecule has 122 valence electrons. The van der Waals surface area contributed by atoms with Gasteiger partial charge in [-0.1, -0.05) is 34.1 Å². The molecule has 2 aromatic carbocycles. The van der Waals surface area contributed by atoms with Gasteiger partial charge in [0.05, 0.1) is 7.11 Å². The molecule has 0 bridgehead atoms. The van der Waals surface area contributed by atoms with Crippen LogP contribution in [-0.2, 0) is 11.3 Å². The largest absolute Gasteiger partial charge is 0.493 e. The van der Waals surface area contributed by atoms with Gasteiger partial charge in [-0.3, -0.25) is 4.79 Å². The van der Waals surface area contributed by atoms with Gasteiger partial charge in [0.25, 0.3) is 5.91 Å². The molecule has 0 saturated heterocycles. The lowest BCUT2D eigenvalue weighted by atomic mass is 10.2. The molecule has 0 aromatic heterocycles. The van der Waals surface area contributed by atoms with Crippen molar-refractivity contribution in [1.82, 2.24) is 4.90 Å². The van der Waals surface area contributed by atoms with Gasteiger partial charge >= 0.3 is 0 Å². The van der Waals surface area contributed by atoms with Gasteiger partial charge in [-0.05, 0) is 42.3 Å². The Morgan fingerprint density at radius 2 is 1.83 bits per heavy atom. The predicted octanol–water partition coefficient (Wildman–Crippen LogP) is 3.80. The lowest BCUT2D eigenvalue weighted by molar-refractivity contribution is -0.132. The van der Waals surface area contributed by atoms with Crippen molar-refractivity contribution < 1.29 is 14.3 Å². The van der Waals surface area contributed by atoms with Crippen molar-refractivity contribution in [1.29, 1.82) is 0 Å². The summed E-state index contributed by atoms with van der Waals surface area (Å²) >= 11 is 3.40. The summed E-state index contributed by atoms with van der Waals surface area (Å²) in [6.07, 6.45) is 0. The molecular weight excluding hydrogens is 358 g/mol. The van der Waals surface area contributed by atoms with Crippen LogP contribution in [0.5, 0.6) is 11.5 Å². The van der Waals surface area contributed by atoms with E-state index in [1.54, 1.807) is 19.1 Å². The van der Waals surface area contributed by atoms with E-state index < -0.39 is 0 Å². The summed E-state index contributed by atoms with van der Waals surface area (Å²) in [4.78, 5) is 13.8. The third-order valence-corrected chi connectivity index (χ3v) is 3.96. The highest BCUT2D eigenvalue weighted by Gasteiger charge is 2.12. The molecule has 0 N–H and O–H groups in total. The number of hydrogen-bond donors (Lipinski definition) is 0. The number of hydrogen-bond acceptors (Lipinski definition) is 3. The predicted molar refractivity (Wildman–Crippen MR) is 93.8 cm³/mol. The number of likely N-dealkylation sites (N-methyl/N-ethyl adjacent to an activating group) is 1. The summed E-state index contributed by atoms with van der Waals surface area (Å²) < 4.78 is 11.9. The molecule has 0 heterocycles. The Balaban J connectivity index is 1.92. The van der Waals surface area contributed by atoms with Gasteiger partial charge in [0.1, 0.15) is 0 Å². The SMILES string of the molecule is COc1cc(C)ccc1OCC(=O)N(C)Cc1ccc(Br)cc1. The molecule has 4 nitrogen and oxygen atoms in total. The number of ether oxygens (including phenoxy) is 2. The Morgan fingerprint density at radius 3 is 2.48 bits per heavy atom. The lowest BCUT2D eigenvalue weighted by Crippen LogP contribution is -2.31. The summed E-state index contributed by atoms with van der Waals surface area (Å²) in [6, 6.07) is 13.5. The number of carbonyl (C=O) groups excluding carboxylic acids is 1. The first-order valence-corrected chi connectivity index (χ1v) is 8.04. The zero-order chi connectivity index (χ0) is 16.8. The maximum Gasteiger partial charge on any atom is 0.260 e. The van der Waals surface area contributed by atoms with Crippen molar-refractivity contribution in [3.05, 3.63) is 58.1 Å². The average Bonchev–Trinajstić information content (AvgIpc) is 2.55. The number of methoxy groups -OCH3 is 1. The number of amides is 1. The molecular formula is C18H20BrNO3. The monoisotopic (exact) mass is 377 g/mol. The van der Waals surface area contributed by atoms with Crippen LogP contribution in [0.4, 0.5) is 0 Å². The first-order chi connectivity index (χ1) is 11.0. The molecule has 0 atom stereocenters. The van der Waals surface area contributed by atoms with Gasteiger partial charge in [0.2, 0.25) is 0 Å². The van der Waals surface area contributed by atoms with Crippen LogP contribution in [0.15, 0.2) is 46.9 Å². The second-order valence-electron chi connectivity index (χ2n) is 5.32. The molecule has 1 amide bonds. The second-order valence-corrected chi connectivity index (χ2v) is 6.23. The van der Waals surface area contributed by atoms with Crippen LogP contribution < -0.4 is 9.47 Å². The Bertz CT molecular complexity index is 670. The number of benzene rings is 2. The molecule has 0 fully saturated rings. The average molecular weight is 378 g/mol.